The normalized spacial score (nSPS) is 19.5. The molecule has 141 valence electrons. The van der Waals surface area contributed by atoms with E-state index in [4.69, 9.17) is 4.74 Å². The molecule has 1 fully saturated rings. The maximum Gasteiger partial charge on any atom is 0.334 e. The van der Waals surface area contributed by atoms with E-state index in [-0.39, 0.29) is 11.1 Å². The number of carbonyl (C=O) groups is 1. The van der Waals surface area contributed by atoms with Crippen LogP contribution in [0, 0.1) is 0 Å². The van der Waals surface area contributed by atoms with E-state index in [0.29, 0.717) is 5.92 Å². The van der Waals surface area contributed by atoms with Crippen LogP contribution in [0.15, 0.2) is 91.0 Å². The van der Waals surface area contributed by atoms with Crippen LogP contribution in [-0.4, -0.2) is 25.0 Å². The molecule has 0 N–H and O–H groups in total. The molecule has 1 saturated heterocycles. The van der Waals surface area contributed by atoms with Crippen LogP contribution < -0.4 is 0 Å². The van der Waals surface area contributed by atoms with Gasteiger partial charge in [-0.15, -0.1) is 7.55 Å². The first-order chi connectivity index (χ1) is 13.8. The lowest BCUT2D eigenvalue weighted by Crippen LogP contribution is -2.29. The highest BCUT2D eigenvalue weighted by Gasteiger charge is 2.49. The Bertz CT molecular complexity index is 926. The zero-order valence-corrected chi connectivity index (χ0v) is 16.9. The quantitative estimate of drug-likeness (QED) is 0.432. The van der Waals surface area contributed by atoms with Gasteiger partial charge in [-0.1, -0.05) is 91.0 Å². The van der Waals surface area contributed by atoms with Gasteiger partial charge in [0, 0.05) is 11.7 Å². The van der Waals surface area contributed by atoms with E-state index in [9.17, 15) is 4.79 Å². The van der Waals surface area contributed by atoms with Gasteiger partial charge in [0.05, 0.1) is 12.3 Å². The molecule has 1 aliphatic rings. The van der Waals surface area contributed by atoms with Crippen LogP contribution in [0.5, 0.6) is 0 Å². The van der Waals surface area contributed by atoms with Crippen LogP contribution in [0.4, 0.5) is 0 Å². The minimum absolute atomic E-state index is 0.226. The highest BCUT2D eigenvalue weighted by atomic mass is 31.1. The molecule has 3 aromatic carbocycles. The molecule has 1 aliphatic heterocycles. The summed E-state index contributed by atoms with van der Waals surface area (Å²) in [4.78, 5) is 12.3. The zero-order chi connectivity index (χ0) is 19.4. The Morgan fingerprint density at radius 1 is 0.893 bits per heavy atom. The minimum atomic E-state index is -0.753. The molecule has 0 saturated carbocycles. The molecular weight excluding hydrogens is 363 g/mol. The van der Waals surface area contributed by atoms with Gasteiger partial charge in [-0.25, -0.2) is 4.79 Å². The summed E-state index contributed by atoms with van der Waals surface area (Å²) in [6.07, 6.45) is 2.06. The maximum absolute atomic E-state index is 12.3. The number of hydrogen-bond acceptors (Lipinski definition) is 2. The molecule has 0 aromatic heterocycles. The Kier molecular flexibility index (Phi) is 5.41. The Morgan fingerprint density at radius 2 is 1.39 bits per heavy atom. The molecule has 0 aliphatic carbocycles. The van der Waals surface area contributed by atoms with Gasteiger partial charge in [0.1, 0.15) is 0 Å². The van der Waals surface area contributed by atoms with Crippen LogP contribution in [0.3, 0.4) is 0 Å². The standard InChI is InChI=1S/C25H24O2P/c1-27-24(26)19-28-18-17-23(20-11-5-2-6-12-20)25(28,21-13-7-3-8-14-21)22-15-9-4-10-16-22/h2-16,19,23H,17-18H2,1H3. The van der Waals surface area contributed by atoms with Gasteiger partial charge in [-0.2, -0.15) is 0 Å². The van der Waals surface area contributed by atoms with E-state index in [1.165, 1.54) is 23.8 Å². The average molecular weight is 387 g/mol. The lowest BCUT2D eigenvalue weighted by Gasteiger charge is -2.39. The zero-order valence-electron chi connectivity index (χ0n) is 16.0. The van der Waals surface area contributed by atoms with Crippen molar-refractivity contribution in [3.63, 3.8) is 0 Å². The molecule has 28 heavy (non-hydrogen) atoms. The summed E-state index contributed by atoms with van der Waals surface area (Å²) in [5, 5.41) is -0.243. The van der Waals surface area contributed by atoms with Crippen LogP contribution in [0.1, 0.15) is 29.0 Å². The SMILES string of the molecule is COC(=O)C=[P]1CCC(c2ccccc2)C1(c1ccccc1)c1ccccc1. The molecule has 2 nitrogen and oxygen atoms in total. The molecule has 0 bridgehead atoms. The number of benzene rings is 3. The van der Waals surface area contributed by atoms with Crippen molar-refractivity contribution in [2.75, 3.05) is 13.3 Å². The van der Waals surface area contributed by atoms with E-state index < -0.39 is 7.55 Å². The fourth-order valence-electron chi connectivity index (χ4n) is 4.58. The van der Waals surface area contributed by atoms with Gasteiger partial charge in [-0.3, -0.25) is 0 Å². The van der Waals surface area contributed by atoms with Crippen molar-refractivity contribution in [2.24, 2.45) is 0 Å². The number of ether oxygens (including phenoxy) is 1. The van der Waals surface area contributed by atoms with Gasteiger partial charge < -0.3 is 4.74 Å². The first kappa shape index (κ1) is 18.7. The number of methoxy groups -OCH3 is 1. The summed E-state index contributed by atoms with van der Waals surface area (Å²) in [5.74, 6) is 1.94. The predicted molar refractivity (Wildman–Crippen MR) is 117 cm³/mol. The molecule has 2 unspecified atom stereocenters. The third-order valence-corrected chi connectivity index (χ3v) is 8.70. The summed E-state index contributed by atoms with van der Waals surface area (Å²) in [6, 6.07) is 32.1. The second kappa shape index (κ2) is 8.12. The van der Waals surface area contributed by atoms with Crippen molar-refractivity contribution < 1.29 is 9.53 Å². The lowest BCUT2D eigenvalue weighted by atomic mass is 9.75. The van der Waals surface area contributed by atoms with E-state index in [0.717, 1.165) is 12.6 Å². The number of hydrogen-bond donors (Lipinski definition) is 0. The van der Waals surface area contributed by atoms with Crippen molar-refractivity contribution in [2.45, 2.75) is 17.5 Å². The molecular formula is C25H24O2P. The average Bonchev–Trinajstić information content (AvgIpc) is 3.15. The first-order valence-electron chi connectivity index (χ1n) is 9.62. The summed E-state index contributed by atoms with van der Waals surface area (Å²) in [6.45, 7) is 0. The van der Waals surface area contributed by atoms with Gasteiger partial charge in [0.15, 0.2) is 0 Å². The third kappa shape index (κ3) is 3.19. The van der Waals surface area contributed by atoms with Gasteiger partial charge in [0.2, 0.25) is 0 Å². The number of esters is 1. The van der Waals surface area contributed by atoms with Crippen molar-refractivity contribution in [3.05, 3.63) is 108 Å². The van der Waals surface area contributed by atoms with Crippen LogP contribution in [0.2, 0.25) is 0 Å². The Labute approximate surface area is 167 Å². The Morgan fingerprint density at radius 3 is 1.89 bits per heavy atom. The van der Waals surface area contributed by atoms with E-state index in [1.807, 2.05) is 5.80 Å². The van der Waals surface area contributed by atoms with Crippen molar-refractivity contribution in [3.8, 4) is 0 Å². The third-order valence-electron chi connectivity index (χ3n) is 5.71. The van der Waals surface area contributed by atoms with E-state index in [2.05, 4.69) is 91.0 Å². The summed E-state index contributed by atoms with van der Waals surface area (Å²) >= 11 is 0. The largest absolute Gasteiger partial charge is 0.466 e. The molecule has 0 spiro atoms. The maximum atomic E-state index is 12.3. The molecule has 4 rings (SSSR count). The van der Waals surface area contributed by atoms with Crippen molar-refractivity contribution in [1.29, 1.82) is 0 Å². The summed E-state index contributed by atoms with van der Waals surface area (Å²) in [5.41, 5.74) is 3.89. The van der Waals surface area contributed by atoms with Crippen LogP contribution >= 0.6 is 7.55 Å². The lowest BCUT2D eigenvalue weighted by molar-refractivity contribution is -0.132. The summed E-state index contributed by atoms with van der Waals surface area (Å²) in [7, 11) is 0.711. The molecule has 3 aromatic rings. The van der Waals surface area contributed by atoms with Crippen LogP contribution in [0.25, 0.3) is 0 Å². The van der Waals surface area contributed by atoms with Gasteiger partial charge >= 0.3 is 5.97 Å². The minimum Gasteiger partial charge on any atom is -0.466 e. The first-order valence-corrected chi connectivity index (χ1v) is 11.2. The fraction of sp³-hybridized carbons (Fsp3) is 0.200. The van der Waals surface area contributed by atoms with E-state index >= 15 is 0 Å². The second-order valence-electron chi connectivity index (χ2n) is 7.10. The molecule has 1 heterocycles. The topological polar surface area (TPSA) is 26.3 Å². The van der Waals surface area contributed by atoms with Crippen molar-refractivity contribution >= 4 is 19.3 Å². The summed E-state index contributed by atoms with van der Waals surface area (Å²) < 4.78 is 5.04. The predicted octanol–water partition coefficient (Wildman–Crippen LogP) is 5.57. The number of rotatable bonds is 4. The Hall–Kier alpha value is -2.70. The molecule has 1 radical (unpaired) electrons. The second-order valence-corrected chi connectivity index (χ2v) is 9.45. The van der Waals surface area contributed by atoms with E-state index in [1.54, 1.807) is 0 Å². The molecule has 0 amide bonds. The smallest absolute Gasteiger partial charge is 0.334 e. The molecule has 2 atom stereocenters. The van der Waals surface area contributed by atoms with Crippen LogP contribution in [-0.2, 0) is 14.7 Å². The highest BCUT2D eigenvalue weighted by molar-refractivity contribution is 7.61. The fourth-order valence-corrected chi connectivity index (χ4v) is 7.80. The number of carbonyl (C=O) groups excluding carboxylic acids is 1. The van der Waals surface area contributed by atoms with Gasteiger partial charge in [-0.05, 0) is 29.3 Å². The van der Waals surface area contributed by atoms with Gasteiger partial charge in [0.25, 0.3) is 0 Å². The van der Waals surface area contributed by atoms with Crippen molar-refractivity contribution in [1.82, 2.24) is 0 Å². The Balaban J connectivity index is 2.03. The molecule has 3 heteroatoms. The highest BCUT2D eigenvalue weighted by Crippen LogP contribution is 2.66. The monoisotopic (exact) mass is 387 g/mol.